The molecule has 0 bridgehead atoms. The van der Waals surface area contributed by atoms with Crippen molar-refractivity contribution in [2.45, 2.75) is 44.5 Å². The molecule has 2 saturated heterocycles. The monoisotopic (exact) mass is 390 g/mol. The first-order chi connectivity index (χ1) is 12.5. The van der Waals surface area contributed by atoms with Gasteiger partial charge in [-0.2, -0.15) is 18.3 Å². The van der Waals surface area contributed by atoms with Crippen molar-refractivity contribution in [2.75, 3.05) is 24.6 Å². The first-order valence-electron chi connectivity index (χ1n) is 8.32. The summed E-state index contributed by atoms with van der Waals surface area (Å²) in [6, 6.07) is 4.05. The summed E-state index contributed by atoms with van der Waals surface area (Å²) in [5.41, 5.74) is 0.705. The first kappa shape index (κ1) is 20.9. The summed E-state index contributed by atoms with van der Waals surface area (Å²) in [5.74, 6) is -1.86. The number of halogens is 3. The minimum absolute atomic E-state index is 0.0186. The number of carboxylic acid groups (broad SMARTS) is 1. The maximum absolute atomic E-state index is 11.4. The minimum Gasteiger partial charge on any atom is -0.475 e. The minimum atomic E-state index is -5.08. The Labute approximate surface area is 153 Å². The van der Waals surface area contributed by atoms with Crippen molar-refractivity contribution < 1.29 is 32.6 Å². The van der Waals surface area contributed by atoms with Crippen LogP contribution in [0, 0.1) is 6.92 Å². The summed E-state index contributed by atoms with van der Waals surface area (Å²) in [6.07, 6.45) is -3.30. The number of morpholine rings is 1. The number of hydrogen-bond acceptors (Lipinski definition) is 6. The Morgan fingerprint density at radius 1 is 1.33 bits per heavy atom. The number of piperidine rings is 1. The molecular formula is C16H21F3N4O4. The topological polar surface area (TPSA) is 105 Å². The van der Waals surface area contributed by atoms with Gasteiger partial charge in [-0.15, -0.1) is 5.10 Å². The number of anilines is 1. The molecule has 1 spiro atoms. The molecule has 11 heteroatoms. The van der Waals surface area contributed by atoms with Crippen LogP contribution in [-0.2, 0) is 14.3 Å². The largest absolute Gasteiger partial charge is 0.490 e. The maximum atomic E-state index is 11.4. The number of carbonyl (C=O) groups excluding carboxylic acids is 1. The molecule has 1 aromatic heterocycles. The fraction of sp³-hybridized carbons (Fsp3) is 0.625. The molecule has 0 aromatic carbocycles. The highest BCUT2D eigenvalue weighted by Crippen LogP contribution is 2.33. The van der Waals surface area contributed by atoms with E-state index >= 15 is 0 Å². The van der Waals surface area contributed by atoms with Gasteiger partial charge in [0, 0.05) is 13.1 Å². The number of nitrogens with one attached hydrogen (secondary N) is 1. The number of carbonyl (C=O) groups is 2. The molecule has 2 aliphatic rings. The number of aromatic nitrogens is 2. The first-order valence-corrected chi connectivity index (χ1v) is 8.32. The van der Waals surface area contributed by atoms with Crippen molar-refractivity contribution in [1.82, 2.24) is 15.5 Å². The zero-order valence-corrected chi connectivity index (χ0v) is 14.9. The van der Waals surface area contributed by atoms with E-state index in [9.17, 15) is 18.0 Å². The normalized spacial score (nSPS) is 21.9. The number of amides is 1. The molecule has 1 atom stereocenters. The van der Waals surface area contributed by atoms with Gasteiger partial charge in [-0.25, -0.2) is 4.79 Å². The number of carboxylic acids is 1. The highest BCUT2D eigenvalue weighted by molar-refractivity contribution is 5.78. The van der Waals surface area contributed by atoms with Gasteiger partial charge in [0.1, 0.15) is 6.61 Å². The Morgan fingerprint density at radius 2 is 1.93 bits per heavy atom. The third-order valence-corrected chi connectivity index (χ3v) is 4.62. The average molecular weight is 390 g/mol. The molecule has 0 radical (unpaired) electrons. The van der Waals surface area contributed by atoms with E-state index in [1.54, 1.807) is 0 Å². The van der Waals surface area contributed by atoms with Gasteiger partial charge in [0.05, 0.1) is 17.3 Å². The number of aryl methyl sites for hydroxylation is 1. The standard InChI is InChI=1S/C14H20N4O2.C2HF3O2/c1-10-3-4-12(17-16-10)18-7-5-14(6-8-18)11(2)15-13(19)9-20-14;3-2(4,5)1(6)7/h3-4,11H,5-9H2,1-2H3,(H,15,19);(H,6,7). The Bertz CT molecular complexity index is 673. The van der Waals surface area contributed by atoms with Crippen molar-refractivity contribution in [3.8, 4) is 0 Å². The highest BCUT2D eigenvalue weighted by atomic mass is 19.4. The fourth-order valence-electron chi connectivity index (χ4n) is 3.00. The lowest BCUT2D eigenvalue weighted by Gasteiger charge is -2.47. The molecule has 1 unspecified atom stereocenters. The van der Waals surface area contributed by atoms with Crippen molar-refractivity contribution >= 4 is 17.7 Å². The summed E-state index contributed by atoms with van der Waals surface area (Å²) in [5, 5.41) is 18.5. The van der Waals surface area contributed by atoms with E-state index in [1.807, 2.05) is 26.0 Å². The van der Waals surface area contributed by atoms with Crippen LogP contribution in [0.4, 0.5) is 19.0 Å². The molecule has 0 saturated carbocycles. The van der Waals surface area contributed by atoms with Gasteiger partial charge >= 0.3 is 12.1 Å². The van der Waals surface area contributed by atoms with Crippen LogP contribution < -0.4 is 10.2 Å². The van der Waals surface area contributed by atoms with Gasteiger partial charge in [0.15, 0.2) is 5.82 Å². The summed E-state index contributed by atoms with van der Waals surface area (Å²) in [7, 11) is 0. The molecule has 2 N–H and O–H groups in total. The lowest BCUT2D eigenvalue weighted by Crippen LogP contribution is -2.62. The molecule has 2 aliphatic heterocycles. The van der Waals surface area contributed by atoms with Crippen molar-refractivity contribution in [1.29, 1.82) is 0 Å². The van der Waals surface area contributed by atoms with E-state index in [2.05, 4.69) is 20.4 Å². The predicted octanol–water partition coefficient (Wildman–Crippen LogP) is 1.29. The zero-order valence-electron chi connectivity index (χ0n) is 14.9. The second kappa shape index (κ2) is 8.07. The van der Waals surface area contributed by atoms with Crippen LogP contribution in [0.2, 0.25) is 0 Å². The number of hydrogen-bond donors (Lipinski definition) is 2. The Hall–Kier alpha value is -2.43. The average Bonchev–Trinajstić information content (AvgIpc) is 2.60. The smallest absolute Gasteiger partial charge is 0.475 e. The van der Waals surface area contributed by atoms with Crippen LogP contribution in [0.15, 0.2) is 12.1 Å². The SMILES string of the molecule is Cc1ccc(N2CCC3(CC2)OCC(=O)NC3C)nn1.O=C(O)C(F)(F)F. The number of rotatable bonds is 1. The van der Waals surface area contributed by atoms with Crippen LogP contribution in [0.25, 0.3) is 0 Å². The van der Waals surface area contributed by atoms with Crippen LogP contribution in [-0.4, -0.2) is 64.7 Å². The number of nitrogens with zero attached hydrogens (tertiary/aromatic N) is 3. The van der Waals surface area contributed by atoms with E-state index in [0.29, 0.717) is 0 Å². The van der Waals surface area contributed by atoms with Crippen molar-refractivity contribution in [3.05, 3.63) is 17.8 Å². The Balaban J connectivity index is 0.000000321. The molecule has 8 nitrogen and oxygen atoms in total. The van der Waals surface area contributed by atoms with Gasteiger partial charge < -0.3 is 20.1 Å². The van der Waals surface area contributed by atoms with Crippen LogP contribution in [0.1, 0.15) is 25.5 Å². The molecule has 3 heterocycles. The summed E-state index contributed by atoms with van der Waals surface area (Å²) >= 11 is 0. The molecule has 0 aliphatic carbocycles. The molecule has 1 amide bonds. The van der Waals surface area contributed by atoms with Crippen LogP contribution >= 0.6 is 0 Å². The predicted molar refractivity (Wildman–Crippen MR) is 88.2 cm³/mol. The third-order valence-electron chi connectivity index (χ3n) is 4.62. The van der Waals surface area contributed by atoms with Gasteiger partial charge in [-0.3, -0.25) is 4.79 Å². The second-order valence-electron chi connectivity index (χ2n) is 6.47. The fourth-order valence-corrected chi connectivity index (χ4v) is 3.00. The number of ether oxygens (including phenoxy) is 1. The van der Waals surface area contributed by atoms with Crippen LogP contribution in [0.3, 0.4) is 0 Å². The number of aliphatic carboxylic acids is 1. The Kier molecular flexibility index (Phi) is 6.24. The zero-order chi connectivity index (χ0) is 20.2. The number of alkyl halides is 3. The summed E-state index contributed by atoms with van der Waals surface area (Å²) in [4.78, 5) is 22.5. The lowest BCUT2D eigenvalue weighted by molar-refractivity contribution is -0.192. The van der Waals surface area contributed by atoms with E-state index in [4.69, 9.17) is 14.6 Å². The van der Waals surface area contributed by atoms with Gasteiger partial charge in [0.25, 0.3) is 0 Å². The maximum Gasteiger partial charge on any atom is 0.490 e. The Morgan fingerprint density at radius 3 is 2.37 bits per heavy atom. The molecular weight excluding hydrogens is 369 g/mol. The molecule has 3 rings (SSSR count). The van der Waals surface area contributed by atoms with Gasteiger partial charge in [-0.05, 0) is 38.8 Å². The third kappa shape index (κ3) is 5.28. The van der Waals surface area contributed by atoms with E-state index < -0.39 is 12.1 Å². The molecule has 27 heavy (non-hydrogen) atoms. The quantitative estimate of drug-likeness (QED) is 0.745. The van der Waals surface area contributed by atoms with Crippen LogP contribution in [0.5, 0.6) is 0 Å². The van der Waals surface area contributed by atoms with Crippen molar-refractivity contribution in [2.24, 2.45) is 0 Å². The summed E-state index contributed by atoms with van der Waals surface area (Å²) < 4.78 is 37.6. The highest BCUT2D eigenvalue weighted by Gasteiger charge is 2.44. The van der Waals surface area contributed by atoms with E-state index in [1.165, 1.54) is 0 Å². The molecule has 150 valence electrons. The lowest BCUT2D eigenvalue weighted by atomic mass is 9.83. The van der Waals surface area contributed by atoms with E-state index in [0.717, 1.165) is 37.4 Å². The van der Waals surface area contributed by atoms with Crippen molar-refractivity contribution in [3.63, 3.8) is 0 Å². The van der Waals surface area contributed by atoms with Gasteiger partial charge in [0.2, 0.25) is 5.91 Å². The molecule has 2 fully saturated rings. The van der Waals surface area contributed by atoms with Gasteiger partial charge in [-0.1, -0.05) is 0 Å². The molecule has 1 aromatic rings. The van der Waals surface area contributed by atoms with E-state index in [-0.39, 0.29) is 24.2 Å². The summed E-state index contributed by atoms with van der Waals surface area (Å²) in [6.45, 7) is 5.88. The second-order valence-corrected chi connectivity index (χ2v) is 6.47.